The number of benzene rings is 2. The van der Waals surface area contributed by atoms with Crippen LogP contribution < -0.4 is 23.7 Å². The molecule has 0 atom stereocenters. The minimum absolute atomic E-state index is 0.123. The van der Waals surface area contributed by atoms with Crippen LogP contribution in [0.2, 0.25) is 0 Å². The Morgan fingerprint density at radius 1 is 1.10 bits per heavy atom. The zero-order valence-corrected chi connectivity index (χ0v) is 17.1. The minimum atomic E-state index is -0.494. The second-order valence-electron chi connectivity index (χ2n) is 7.40. The van der Waals surface area contributed by atoms with Crippen molar-refractivity contribution in [3.63, 3.8) is 0 Å². The van der Waals surface area contributed by atoms with Gasteiger partial charge in [-0.1, -0.05) is 0 Å². The van der Waals surface area contributed by atoms with Crippen LogP contribution in [-0.4, -0.2) is 37.5 Å². The molecule has 2 aliphatic rings. The van der Waals surface area contributed by atoms with Crippen LogP contribution in [0, 0.1) is 0 Å². The van der Waals surface area contributed by atoms with E-state index in [9.17, 15) is 9.90 Å². The first-order valence-electron chi connectivity index (χ1n) is 9.35. The predicted molar refractivity (Wildman–Crippen MR) is 111 cm³/mol. The molecular formula is C23H22O7. The van der Waals surface area contributed by atoms with E-state index < -0.39 is 11.4 Å². The Morgan fingerprint density at radius 3 is 2.60 bits per heavy atom. The van der Waals surface area contributed by atoms with Crippen molar-refractivity contribution in [2.75, 3.05) is 21.0 Å². The third kappa shape index (κ3) is 3.43. The van der Waals surface area contributed by atoms with E-state index in [1.165, 1.54) is 14.2 Å². The van der Waals surface area contributed by atoms with E-state index in [1.54, 1.807) is 24.3 Å². The molecule has 0 unspecified atom stereocenters. The molecule has 0 fully saturated rings. The molecule has 2 aromatic rings. The number of hydrogen-bond donors (Lipinski definition) is 1. The van der Waals surface area contributed by atoms with Crippen molar-refractivity contribution in [3.8, 4) is 28.7 Å². The van der Waals surface area contributed by atoms with E-state index in [-0.39, 0.29) is 23.9 Å². The van der Waals surface area contributed by atoms with Gasteiger partial charge in [-0.3, -0.25) is 4.79 Å². The highest BCUT2D eigenvalue weighted by atomic mass is 16.7. The first-order valence-corrected chi connectivity index (χ1v) is 9.35. The topological polar surface area (TPSA) is 83.5 Å². The zero-order chi connectivity index (χ0) is 21.5. The fourth-order valence-electron chi connectivity index (χ4n) is 3.41. The normalized spacial score (nSPS) is 15.9. The maximum atomic E-state index is 13.1. The molecule has 2 heterocycles. The Kier molecular flexibility index (Phi) is 4.81. The van der Waals surface area contributed by atoms with Crippen LogP contribution in [-0.2, 0) is 0 Å². The van der Waals surface area contributed by atoms with Crippen molar-refractivity contribution in [2.45, 2.75) is 19.4 Å². The number of carbonyl (C=O) groups is 1. The van der Waals surface area contributed by atoms with Crippen molar-refractivity contribution in [2.24, 2.45) is 0 Å². The molecule has 1 N–H and O–H groups in total. The summed E-state index contributed by atoms with van der Waals surface area (Å²) < 4.78 is 27.6. The maximum absolute atomic E-state index is 13.1. The Balaban J connectivity index is 1.76. The Hall–Kier alpha value is -3.61. The van der Waals surface area contributed by atoms with E-state index in [1.807, 2.05) is 26.0 Å². The van der Waals surface area contributed by atoms with Crippen LogP contribution >= 0.6 is 0 Å². The highest BCUT2D eigenvalue weighted by Gasteiger charge is 2.29. The van der Waals surface area contributed by atoms with Crippen LogP contribution in [0.15, 0.2) is 36.4 Å². The van der Waals surface area contributed by atoms with Crippen LogP contribution in [0.1, 0.15) is 35.3 Å². The van der Waals surface area contributed by atoms with Crippen molar-refractivity contribution < 1.29 is 33.6 Å². The van der Waals surface area contributed by atoms with Crippen LogP contribution in [0.3, 0.4) is 0 Å². The molecule has 4 rings (SSSR count). The number of methoxy groups -OCH3 is 2. The monoisotopic (exact) mass is 410 g/mol. The summed E-state index contributed by atoms with van der Waals surface area (Å²) >= 11 is 0. The maximum Gasteiger partial charge on any atom is 0.231 e. The number of aliphatic hydroxyl groups is 1. The minimum Gasteiger partial charge on any atom is -0.507 e. The summed E-state index contributed by atoms with van der Waals surface area (Å²) in [4.78, 5) is 13.1. The van der Waals surface area contributed by atoms with Crippen LogP contribution in [0.5, 0.6) is 28.7 Å². The molecular weight excluding hydrogens is 388 g/mol. The van der Waals surface area contributed by atoms with Gasteiger partial charge in [-0.2, -0.15) is 0 Å². The molecule has 0 aliphatic carbocycles. The number of allylic oxidation sites excluding steroid dienone is 1. The summed E-state index contributed by atoms with van der Waals surface area (Å²) in [6.07, 6.45) is 4.87. The summed E-state index contributed by atoms with van der Waals surface area (Å²) in [5.41, 5.74) is 0.760. The van der Waals surface area contributed by atoms with Gasteiger partial charge in [-0.15, -0.1) is 0 Å². The molecule has 2 aliphatic heterocycles. The number of aliphatic hydroxyl groups excluding tert-OH is 1. The molecule has 7 heteroatoms. The molecule has 0 saturated carbocycles. The smallest absolute Gasteiger partial charge is 0.231 e. The summed E-state index contributed by atoms with van der Waals surface area (Å²) in [6, 6.07) is 6.59. The van der Waals surface area contributed by atoms with Gasteiger partial charge in [-0.05, 0) is 44.2 Å². The van der Waals surface area contributed by atoms with Crippen LogP contribution in [0.4, 0.5) is 0 Å². The van der Waals surface area contributed by atoms with Gasteiger partial charge in [0.2, 0.25) is 6.79 Å². The molecule has 2 aromatic carbocycles. The molecule has 0 radical (unpaired) electrons. The molecule has 30 heavy (non-hydrogen) atoms. The lowest BCUT2D eigenvalue weighted by molar-refractivity contribution is 0.104. The second kappa shape index (κ2) is 7.33. The molecule has 0 amide bonds. The molecule has 0 bridgehead atoms. The lowest BCUT2D eigenvalue weighted by atomic mass is 9.96. The van der Waals surface area contributed by atoms with E-state index >= 15 is 0 Å². The average Bonchev–Trinajstić information content (AvgIpc) is 3.19. The SMILES string of the molecule is COc1cc2c(c(OC)c1C(=O)/C=C(/O)c1ccc3c(c1)OCO3)C=CC(C)(C)O2. The molecule has 0 aromatic heterocycles. The lowest BCUT2D eigenvalue weighted by Crippen LogP contribution is -2.27. The summed E-state index contributed by atoms with van der Waals surface area (Å²) in [5.74, 6) is 1.57. The highest BCUT2D eigenvalue weighted by molar-refractivity contribution is 6.12. The summed E-state index contributed by atoms with van der Waals surface area (Å²) in [7, 11) is 2.93. The fraction of sp³-hybridized carbons (Fsp3) is 0.261. The number of hydrogen-bond acceptors (Lipinski definition) is 7. The number of rotatable bonds is 5. The molecule has 7 nitrogen and oxygen atoms in total. The summed E-state index contributed by atoms with van der Waals surface area (Å²) in [5, 5.41) is 10.5. The van der Waals surface area contributed by atoms with Gasteiger partial charge in [0.25, 0.3) is 0 Å². The first kappa shape index (κ1) is 19.7. The van der Waals surface area contributed by atoms with Gasteiger partial charge in [0.05, 0.1) is 19.8 Å². The molecule has 0 spiro atoms. The highest BCUT2D eigenvalue weighted by Crippen LogP contribution is 2.44. The lowest BCUT2D eigenvalue weighted by Gasteiger charge is -2.29. The van der Waals surface area contributed by atoms with Crippen LogP contribution in [0.25, 0.3) is 11.8 Å². The standard InChI is InChI=1S/C23H22O7/c1-23(2)8-7-14-18(30-23)11-20(26-3)21(22(14)27-4)16(25)10-15(24)13-5-6-17-19(9-13)29-12-28-17/h5-11,24H,12H2,1-4H3/b15-10+. The number of ketones is 1. The first-order chi connectivity index (χ1) is 14.3. The molecule has 156 valence electrons. The predicted octanol–water partition coefficient (Wildman–Crippen LogP) is 4.40. The van der Waals surface area contributed by atoms with E-state index in [0.717, 1.165) is 6.08 Å². The third-order valence-corrected chi connectivity index (χ3v) is 4.88. The van der Waals surface area contributed by atoms with E-state index in [0.29, 0.717) is 34.1 Å². The Morgan fingerprint density at radius 2 is 1.87 bits per heavy atom. The van der Waals surface area contributed by atoms with Crippen molar-refractivity contribution in [3.05, 3.63) is 53.1 Å². The van der Waals surface area contributed by atoms with Gasteiger partial charge in [0.1, 0.15) is 34.2 Å². The van der Waals surface area contributed by atoms with Gasteiger partial charge >= 0.3 is 0 Å². The van der Waals surface area contributed by atoms with Crippen molar-refractivity contribution in [1.29, 1.82) is 0 Å². The van der Waals surface area contributed by atoms with Gasteiger partial charge in [0.15, 0.2) is 17.3 Å². The van der Waals surface area contributed by atoms with Gasteiger partial charge in [-0.25, -0.2) is 0 Å². The van der Waals surface area contributed by atoms with Gasteiger partial charge in [0, 0.05) is 17.7 Å². The van der Waals surface area contributed by atoms with Crippen molar-refractivity contribution >= 4 is 17.6 Å². The second-order valence-corrected chi connectivity index (χ2v) is 7.40. The number of ether oxygens (including phenoxy) is 5. The van der Waals surface area contributed by atoms with Crippen molar-refractivity contribution in [1.82, 2.24) is 0 Å². The Labute approximate surface area is 174 Å². The number of carbonyl (C=O) groups excluding carboxylic acids is 1. The van der Waals surface area contributed by atoms with Gasteiger partial charge < -0.3 is 28.8 Å². The quantitative estimate of drug-likeness (QED) is 0.444. The summed E-state index contributed by atoms with van der Waals surface area (Å²) in [6.45, 7) is 3.98. The molecule has 0 saturated heterocycles. The number of fused-ring (bicyclic) bond motifs is 2. The largest absolute Gasteiger partial charge is 0.507 e. The fourth-order valence-corrected chi connectivity index (χ4v) is 3.41. The third-order valence-electron chi connectivity index (χ3n) is 4.88. The Bertz CT molecular complexity index is 1080. The van der Waals surface area contributed by atoms with E-state index in [4.69, 9.17) is 23.7 Å². The van der Waals surface area contributed by atoms with E-state index in [2.05, 4.69) is 0 Å². The zero-order valence-electron chi connectivity index (χ0n) is 17.1. The average molecular weight is 410 g/mol.